The standard InChI is InChI=1S/C25H30N2O4/c1-28-22-12-16-8-10-26-20(18(16)14-24(22)30-3)6-5-7-21-19-15-25(31-4)23(29-2)13-17(19)9-11-27-21/h12-15H,5-11H2,1-4H3. The molecule has 0 saturated heterocycles. The number of hydrogen-bond acceptors (Lipinski definition) is 6. The van der Waals surface area contributed by atoms with Crippen molar-refractivity contribution in [3.63, 3.8) is 0 Å². The molecule has 0 N–H and O–H groups in total. The quantitative estimate of drug-likeness (QED) is 0.637. The van der Waals surface area contributed by atoms with Crippen molar-refractivity contribution in [2.75, 3.05) is 41.5 Å². The minimum Gasteiger partial charge on any atom is -0.493 e. The Hall–Kier alpha value is -3.02. The van der Waals surface area contributed by atoms with Gasteiger partial charge in [0.1, 0.15) is 0 Å². The molecule has 0 fully saturated rings. The normalized spacial score (nSPS) is 14.7. The van der Waals surface area contributed by atoms with Crippen LogP contribution in [-0.2, 0) is 12.8 Å². The number of aliphatic imine (C=N–C) groups is 2. The van der Waals surface area contributed by atoms with E-state index in [1.165, 1.54) is 22.3 Å². The third kappa shape index (κ3) is 4.24. The molecular weight excluding hydrogens is 392 g/mol. The average Bonchev–Trinajstić information content (AvgIpc) is 2.82. The molecule has 0 aliphatic carbocycles. The van der Waals surface area contributed by atoms with Gasteiger partial charge in [-0.05, 0) is 67.5 Å². The van der Waals surface area contributed by atoms with Gasteiger partial charge in [0.2, 0.25) is 0 Å². The van der Waals surface area contributed by atoms with Gasteiger partial charge in [0.15, 0.2) is 23.0 Å². The van der Waals surface area contributed by atoms with Crippen LogP contribution in [0.1, 0.15) is 41.5 Å². The summed E-state index contributed by atoms with van der Waals surface area (Å²) in [4.78, 5) is 9.65. The van der Waals surface area contributed by atoms with Crippen molar-refractivity contribution in [1.82, 2.24) is 0 Å². The average molecular weight is 423 g/mol. The molecule has 0 unspecified atom stereocenters. The monoisotopic (exact) mass is 422 g/mol. The van der Waals surface area contributed by atoms with Crippen LogP contribution in [-0.4, -0.2) is 53.0 Å². The molecule has 2 aromatic carbocycles. The number of ether oxygens (including phenoxy) is 4. The summed E-state index contributed by atoms with van der Waals surface area (Å²) in [5.74, 6) is 3.06. The van der Waals surface area contributed by atoms with Crippen molar-refractivity contribution in [3.8, 4) is 23.0 Å². The van der Waals surface area contributed by atoms with Crippen molar-refractivity contribution in [1.29, 1.82) is 0 Å². The van der Waals surface area contributed by atoms with Crippen molar-refractivity contribution in [2.24, 2.45) is 9.98 Å². The lowest BCUT2D eigenvalue weighted by molar-refractivity contribution is 0.354. The van der Waals surface area contributed by atoms with E-state index in [2.05, 4.69) is 24.3 Å². The van der Waals surface area contributed by atoms with Gasteiger partial charge < -0.3 is 18.9 Å². The Morgan fingerprint density at radius 2 is 1.00 bits per heavy atom. The topological polar surface area (TPSA) is 61.6 Å². The molecule has 0 aromatic heterocycles. The molecule has 0 radical (unpaired) electrons. The lowest BCUT2D eigenvalue weighted by Crippen LogP contribution is -2.16. The highest BCUT2D eigenvalue weighted by Crippen LogP contribution is 2.35. The molecule has 4 rings (SSSR count). The number of hydrogen-bond donors (Lipinski definition) is 0. The van der Waals surface area contributed by atoms with Crippen molar-refractivity contribution >= 4 is 11.4 Å². The second kappa shape index (κ2) is 9.41. The summed E-state index contributed by atoms with van der Waals surface area (Å²) in [6, 6.07) is 8.31. The molecule has 2 aliphatic rings. The van der Waals surface area contributed by atoms with Gasteiger partial charge in [0, 0.05) is 35.6 Å². The van der Waals surface area contributed by atoms with Crippen molar-refractivity contribution in [2.45, 2.75) is 32.1 Å². The van der Waals surface area contributed by atoms with Gasteiger partial charge in [0.25, 0.3) is 0 Å². The fourth-order valence-electron chi connectivity index (χ4n) is 4.44. The maximum atomic E-state index is 5.51. The highest BCUT2D eigenvalue weighted by atomic mass is 16.5. The Kier molecular flexibility index (Phi) is 6.44. The Morgan fingerprint density at radius 3 is 1.39 bits per heavy atom. The first-order valence-electron chi connectivity index (χ1n) is 10.8. The van der Waals surface area contributed by atoms with Gasteiger partial charge in [0.05, 0.1) is 28.4 Å². The van der Waals surface area contributed by atoms with Crippen LogP contribution in [0, 0.1) is 0 Å². The van der Waals surface area contributed by atoms with Crippen molar-refractivity contribution in [3.05, 3.63) is 46.5 Å². The Balaban J connectivity index is 1.49. The molecule has 164 valence electrons. The summed E-state index contributed by atoms with van der Waals surface area (Å²) in [6.45, 7) is 1.64. The summed E-state index contributed by atoms with van der Waals surface area (Å²) in [5, 5.41) is 0. The summed E-state index contributed by atoms with van der Waals surface area (Å²) in [5.41, 5.74) is 7.21. The zero-order valence-electron chi connectivity index (χ0n) is 18.8. The van der Waals surface area contributed by atoms with Crippen LogP contribution in [0.15, 0.2) is 34.3 Å². The van der Waals surface area contributed by atoms with E-state index in [9.17, 15) is 0 Å². The lowest BCUT2D eigenvalue weighted by atomic mass is 9.91. The molecule has 2 aliphatic heterocycles. The van der Waals surface area contributed by atoms with Crippen LogP contribution in [0.3, 0.4) is 0 Å². The zero-order valence-corrected chi connectivity index (χ0v) is 18.8. The van der Waals surface area contributed by atoms with E-state index in [1.807, 2.05) is 0 Å². The SMILES string of the molecule is COc1cc2c(cc1OC)C(CCCC1=NCCc3cc(OC)c(OC)cc31)=NCC2. The van der Waals surface area contributed by atoms with E-state index in [0.717, 1.165) is 79.6 Å². The molecule has 31 heavy (non-hydrogen) atoms. The summed E-state index contributed by atoms with van der Waals surface area (Å²) >= 11 is 0. The second-order valence-electron chi connectivity index (χ2n) is 7.74. The van der Waals surface area contributed by atoms with E-state index < -0.39 is 0 Å². The largest absolute Gasteiger partial charge is 0.493 e. The molecule has 0 bridgehead atoms. The summed E-state index contributed by atoms with van der Waals surface area (Å²) in [6.07, 6.45) is 4.66. The Bertz CT molecular complexity index is 945. The van der Waals surface area contributed by atoms with E-state index >= 15 is 0 Å². The maximum Gasteiger partial charge on any atom is 0.161 e. The minimum atomic E-state index is 0.752. The van der Waals surface area contributed by atoms with Gasteiger partial charge in [-0.3, -0.25) is 9.98 Å². The Labute approximate surface area is 183 Å². The second-order valence-corrected chi connectivity index (χ2v) is 7.74. The fraction of sp³-hybridized carbons (Fsp3) is 0.440. The third-order valence-corrected chi connectivity index (χ3v) is 6.04. The first-order chi connectivity index (χ1) is 15.2. The third-order valence-electron chi connectivity index (χ3n) is 6.04. The highest BCUT2D eigenvalue weighted by molar-refractivity contribution is 6.05. The van der Waals surface area contributed by atoms with Crippen LogP contribution in [0.4, 0.5) is 0 Å². The molecule has 0 spiro atoms. The number of methoxy groups -OCH3 is 4. The summed E-state index contributed by atoms with van der Waals surface area (Å²) in [7, 11) is 6.70. The smallest absolute Gasteiger partial charge is 0.161 e. The number of rotatable bonds is 8. The van der Waals surface area contributed by atoms with E-state index in [1.54, 1.807) is 28.4 Å². The van der Waals surface area contributed by atoms with Crippen LogP contribution < -0.4 is 18.9 Å². The highest BCUT2D eigenvalue weighted by Gasteiger charge is 2.21. The molecule has 0 saturated carbocycles. The molecule has 0 amide bonds. The Morgan fingerprint density at radius 1 is 0.613 bits per heavy atom. The van der Waals surface area contributed by atoms with Gasteiger partial charge in [-0.1, -0.05) is 0 Å². The molecular formula is C25H30N2O4. The van der Waals surface area contributed by atoms with Crippen LogP contribution in [0.2, 0.25) is 0 Å². The maximum absolute atomic E-state index is 5.51. The number of nitrogens with zero attached hydrogens (tertiary/aromatic N) is 2. The van der Waals surface area contributed by atoms with E-state index in [-0.39, 0.29) is 0 Å². The van der Waals surface area contributed by atoms with E-state index in [0.29, 0.717) is 0 Å². The number of fused-ring (bicyclic) bond motifs is 2. The number of benzene rings is 2. The molecule has 0 atom stereocenters. The summed E-state index contributed by atoms with van der Waals surface area (Å²) < 4.78 is 22.0. The first-order valence-corrected chi connectivity index (χ1v) is 10.8. The molecule has 2 aromatic rings. The fourth-order valence-corrected chi connectivity index (χ4v) is 4.44. The molecule has 6 heteroatoms. The van der Waals surface area contributed by atoms with Gasteiger partial charge >= 0.3 is 0 Å². The van der Waals surface area contributed by atoms with Crippen molar-refractivity contribution < 1.29 is 18.9 Å². The van der Waals surface area contributed by atoms with Crippen LogP contribution >= 0.6 is 0 Å². The molecule has 6 nitrogen and oxygen atoms in total. The minimum absolute atomic E-state index is 0.752. The van der Waals surface area contributed by atoms with Gasteiger partial charge in [-0.25, -0.2) is 0 Å². The zero-order chi connectivity index (χ0) is 21.8. The van der Waals surface area contributed by atoms with Crippen LogP contribution in [0.25, 0.3) is 0 Å². The predicted molar refractivity (Wildman–Crippen MR) is 123 cm³/mol. The lowest BCUT2D eigenvalue weighted by Gasteiger charge is -2.21. The van der Waals surface area contributed by atoms with Gasteiger partial charge in [-0.15, -0.1) is 0 Å². The van der Waals surface area contributed by atoms with Gasteiger partial charge in [-0.2, -0.15) is 0 Å². The van der Waals surface area contributed by atoms with E-state index in [4.69, 9.17) is 28.9 Å². The first kappa shape index (κ1) is 21.2. The molecule has 2 heterocycles. The van der Waals surface area contributed by atoms with Crippen LogP contribution in [0.5, 0.6) is 23.0 Å². The predicted octanol–water partition coefficient (Wildman–Crippen LogP) is 4.28.